The summed E-state index contributed by atoms with van der Waals surface area (Å²) < 4.78 is 23.5. The molecule has 6 nitrogen and oxygen atoms in total. The van der Waals surface area contributed by atoms with Gasteiger partial charge in [0.05, 0.1) is 55.2 Å². The van der Waals surface area contributed by atoms with Crippen LogP contribution in [-0.4, -0.2) is 18.3 Å². The Labute approximate surface area is 584 Å². The molecule has 0 aliphatic carbocycles. The van der Waals surface area contributed by atoms with E-state index in [1.807, 2.05) is 6.07 Å². The Balaban J connectivity index is 0.664. The number of hydrogen-bond donors (Lipinski definition) is 0. The zero-order valence-electron chi connectivity index (χ0n) is 55.1. The lowest BCUT2D eigenvalue weighted by atomic mass is 9.99. The molecule has 0 amide bonds. The van der Waals surface area contributed by atoms with Gasteiger partial charge in [0.25, 0.3) is 0 Å². The first-order valence-electron chi connectivity index (χ1n) is 35.0. The van der Waals surface area contributed by atoms with Crippen LogP contribution in [0.5, 0.6) is 0 Å². The van der Waals surface area contributed by atoms with E-state index in [0.29, 0.717) is 0 Å². The van der Waals surface area contributed by atoms with E-state index >= 15 is 0 Å². The van der Waals surface area contributed by atoms with Gasteiger partial charge in [-0.1, -0.05) is 224 Å². The lowest BCUT2D eigenvalue weighted by Gasteiger charge is -2.11. The molecule has 6 heteroatoms. The maximum atomic E-state index is 7.13. The Hall–Kier alpha value is -13.7. The van der Waals surface area contributed by atoms with Crippen LogP contribution < -0.4 is 0 Å². The molecular formula is C96H58N4O2. The molecule has 16 aromatic carbocycles. The number of para-hydroxylation sites is 5. The number of benzene rings is 16. The summed E-state index contributed by atoms with van der Waals surface area (Å²) in [4.78, 5) is 0. The Bertz CT molecular complexity index is 7220. The van der Waals surface area contributed by atoms with Crippen molar-refractivity contribution in [3.05, 3.63) is 352 Å². The summed E-state index contributed by atoms with van der Waals surface area (Å²) >= 11 is 0. The topological polar surface area (TPSA) is 46.0 Å². The Morgan fingerprint density at radius 2 is 0.588 bits per heavy atom. The highest BCUT2D eigenvalue weighted by molar-refractivity contribution is 6.31. The van der Waals surface area contributed by atoms with Gasteiger partial charge < -0.3 is 27.1 Å². The number of furan rings is 2. The van der Waals surface area contributed by atoms with Crippen LogP contribution in [0.4, 0.5) is 0 Å². The van der Waals surface area contributed by atoms with E-state index in [0.717, 1.165) is 122 Å². The lowest BCUT2D eigenvalue weighted by Crippen LogP contribution is -1.95. The average molecular weight is 1300 g/mol. The van der Waals surface area contributed by atoms with Crippen molar-refractivity contribution >= 4 is 131 Å². The molecule has 102 heavy (non-hydrogen) atoms. The second kappa shape index (κ2) is 21.9. The predicted octanol–water partition coefficient (Wildman–Crippen LogP) is 26.2. The average Bonchev–Trinajstić information content (AvgIpc) is 1.55. The summed E-state index contributed by atoms with van der Waals surface area (Å²) in [6.07, 6.45) is 0. The fourth-order valence-electron chi connectivity index (χ4n) is 17.1. The van der Waals surface area contributed by atoms with Crippen LogP contribution in [0, 0.1) is 0 Å². The third-order valence-corrected chi connectivity index (χ3v) is 21.6. The summed E-state index contributed by atoms with van der Waals surface area (Å²) in [5.74, 6) is 0. The lowest BCUT2D eigenvalue weighted by molar-refractivity contribution is 0.668. The minimum atomic E-state index is 0.842. The third kappa shape index (κ3) is 8.35. The monoisotopic (exact) mass is 1300 g/mol. The fraction of sp³-hybridized carbons (Fsp3) is 0. The Morgan fingerprint density at radius 3 is 1.22 bits per heavy atom. The van der Waals surface area contributed by atoms with Gasteiger partial charge in [0.2, 0.25) is 0 Å². The van der Waals surface area contributed by atoms with Gasteiger partial charge in [0.15, 0.2) is 0 Å². The highest BCUT2D eigenvalue weighted by Crippen LogP contribution is 2.48. The molecule has 0 aliphatic heterocycles. The Kier molecular flexibility index (Phi) is 12.1. The van der Waals surface area contributed by atoms with Crippen LogP contribution in [0.25, 0.3) is 209 Å². The molecule has 0 spiro atoms. The number of nitrogens with zero attached hydrogens (tertiary/aromatic N) is 4. The van der Waals surface area contributed by atoms with Gasteiger partial charge in [0.1, 0.15) is 22.3 Å². The third-order valence-electron chi connectivity index (χ3n) is 21.6. The summed E-state index contributed by atoms with van der Waals surface area (Å²) in [5.41, 5.74) is 28.5. The molecule has 6 aromatic heterocycles. The highest BCUT2D eigenvalue weighted by Gasteiger charge is 2.26. The number of aromatic nitrogens is 4. The van der Waals surface area contributed by atoms with Crippen LogP contribution in [0.15, 0.2) is 361 Å². The first kappa shape index (κ1) is 56.3. The molecule has 0 radical (unpaired) electrons. The molecule has 22 rings (SSSR count). The van der Waals surface area contributed by atoms with Gasteiger partial charge in [0, 0.05) is 81.9 Å². The Morgan fingerprint density at radius 1 is 0.176 bits per heavy atom. The number of fused-ring (bicyclic) bond motifs is 20. The first-order chi connectivity index (χ1) is 50.6. The van der Waals surface area contributed by atoms with Crippen molar-refractivity contribution in [2.75, 3.05) is 0 Å². The largest absolute Gasteiger partial charge is 0.456 e. The van der Waals surface area contributed by atoms with Crippen molar-refractivity contribution in [3.63, 3.8) is 0 Å². The highest BCUT2D eigenvalue weighted by atomic mass is 16.3. The van der Waals surface area contributed by atoms with Crippen LogP contribution in [0.3, 0.4) is 0 Å². The van der Waals surface area contributed by atoms with E-state index in [1.54, 1.807) is 0 Å². The number of rotatable bonds is 9. The first-order valence-corrected chi connectivity index (χ1v) is 35.0. The molecule has 0 saturated carbocycles. The van der Waals surface area contributed by atoms with E-state index < -0.39 is 0 Å². The van der Waals surface area contributed by atoms with E-state index in [9.17, 15) is 0 Å². The van der Waals surface area contributed by atoms with Crippen molar-refractivity contribution in [2.24, 2.45) is 0 Å². The summed E-state index contributed by atoms with van der Waals surface area (Å²) in [6.45, 7) is 0. The van der Waals surface area contributed by atoms with Crippen molar-refractivity contribution < 1.29 is 8.83 Å². The van der Waals surface area contributed by atoms with E-state index in [1.165, 1.54) is 87.6 Å². The normalized spacial score (nSPS) is 12.1. The minimum absolute atomic E-state index is 0.842. The molecule has 0 bridgehead atoms. The minimum Gasteiger partial charge on any atom is -0.456 e. The zero-order valence-corrected chi connectivity index (χ0v) is 55.1. The summed E-state index contributed by atoms with van der Waals surface area (Å²) in [6, 6.07) is 128. The zero-order chi connectivity index (χ0) is 66.7. The van der Waals surface area contributed by atoms with Gasteiger partial charge in [-0.05, 0) is 177 Å². The van der Waals surface area contributed by atoms with Crippen molar-refractivity contribution in [1.29, 1.82) is 0 Å². The smallest absolute Gasteiger partial charge is 0.143 e. The molecule has 0 unspecified atom stereocenters. The van der Waals surface area contributed by atoms with E-state index in [-0.39, 0.29) is 0 Å². The molecule has 0 aliphatic rings. The van der Waals surface area contributed by atoms with E-state index in [2.05, 4.69) is 364 Å². The standard InChI is InChI=1S/C96H58N4O2/c1-3-19-59(20-4-1)63-23-15-24-64(55-63)61-39-45-68(46-40-61)97-80-34-12-8-28-75(80)94-85(97)53-54-87-95(94)78-57-66(44-50-82(78)100(87)83-36-18-38-89-91(83)77-30-10-14-37-88(77)101-89)67-43-49-72-73-32-17-31-71(96(73)102-90(72)58-67)62-41-47-69(48-42-62)98-79-33-11-7-27-74(79)92-84(98)51-52-86-93(92)76-29-9-13-35-81(76)99(86)70-26-16-25-65(56-70)60-21-5-2-6-22-60/h1-58H. The molecule has 6 heterocycles. The molecule has 22 aromatic rings. The maximum absolute atomic E-state index is 7.13. The maximum Gasteiger partial charge on any atom is 0.143 e. The molecule has 474 valence electrons. The summed E-state index contributed by atoms with van der Waals surface area (Å²) in [7, 11) is 0. The fourth-order valence-corrected chi connectivity index (χ4v) is 17.1. The molecule has 0 N–H and O–H groups in total. The predicted molar refractivity (Wildman–Crippen MR) is 426 cm³/mol. The second-order valence-corrected chi connectivity index (χ2v) is 27.0. The van der Waals surface area contributed by atoms with Crippen LogP contribution in [0.2, 0.25) is 0 Å². The van der Waals surface area contributed by atoms with Crippen LogP contribution in [0.1, 0.15) is 0 Å². The van der Waals surface area contributed by atoms with Gasteiger partial charge in [-0.25, -0.2) is 0 Å². The molecule has 0 atom stereocenters. The van der Waals surface area contributed by atoms with Crippen molar-refractivity contribution in [1.82, 2.24) is 18.3 Å². The van der Waals surface area contributed by atoms with Gasteiger partial charge in [-0.15, -0.1) is 0 Å². The molecule has 0 saturated heterocycles. The molecular weight excluding hydrogens is 1240 g/mol. The molecule has 0 fully saturated rings. The van der Waals surface area contributed by atoms with Gasteiger partial charge >= 0.3 is 0 Å². The van der Waals surface area contributed by atoms with Gasteiger partial charge in [-0.2, -0.15) is 0 Å². The van der Waals surface area contributed by atoms with E-state index in [4.69, 9.17) is 8.83 Å². The van der Waals surface area contributed by atoms with Crippen molar-refractivity contribution in [2.45, 2.75) is 0 Å². The summed E-state index contributed by atoms with van der Waals surface area (Å²) in [5, 5.41) is 14.0. The van der Waals surface area contributed by atoms with Crippen LogP contribution >= 0.6 is 0 Å². The quantitative estimate of drug-likeness (QED) is 0.145. The second-order valence-electron chi connectivity index (χ2n) is 27.0. The number of hydrogen-bond acceptors (Lipinski definition) is 2. The van der Waals surface area contributed by atoms with Crippen LogP contribution in [-0.2, 0) is 0 Å². The SMILES string of the molecule is c1ccc(-c2cccc(-c3ccc(-n4c5ccccc5c5c6c7cc(-c8ccc9c(c8)oc8c(-c%10ccc(-n%11c%12ccccc%12c%12c%13c%14ccccc%14n(-c%14cccc(-c%15ccccc%15)c%14)c%13ccc%12%11)cc%10)cccc89)ccc7n(-c7cccc8oc9ccccc9c78)c6ccc54)cc3)c2)cc1. The van der Waals surface area contributed by atoms with Gasteiger partial charge in [-0.3, -0.25) is 0 Å². The van der Waals surface area contributed by atoms with Crippen molar-refractivity contribution in [3.8, 4) is 78.4 Å².